The molecule has 0 atom stereocenters. The first-order valence-corrected chi connectivity index (χ1v) is 7.91. The summed E-state index contributed by atoms with van der Waals surface area (Å²) in [4.78, 5) is 17.3. The highest BCUT2D eigenvalue weighted by Crippen LogP contribution is 2.27. The lowest BCUT2D eigenvalue weighted by molar-refractivity contribution is 0.0692. The molecule has 2 rings (SSSR count). The van der Waals surface area contributed by atoms with Crippen LogP contribution in [0.4, 0.5) is 0 Å². The molecule has 0 saturated carbocycles. The highest BCUT2D eigenvalue weighted by molar-refractivity contribution is 7.20. The standard InChI is InChI=1S/C13H16N2O3S2/c1-17-6-7-18-5-4-14-12(16)10-9-20-13(15-10)11-3-2-8-19-11/h2-3,8-9H,4-7H2,1H3,(H,14,16). The van der Waals surface area contributed by atoms with Crippen LogP contribution in [0.15, 0.2) is 22.9 Å². The Morgan fingerprint density at radius 3 is 3.00 bits per heavy atom. The number of hydrogen-bond acceptors (Lipinski definition) is 6. The van der Waals surface area contributed by atoms with Crippen LogP contribution in [0.1, 0.15) is 10.5 Å². The fourth-order valence-electron chi connectivity index (χ4n) is 1.46. The van der Waals surface area contributed by atoms with E-state index < -0.39 is 0 Å². The van der Waals surface area contributed by atoms with Crippen LogP contribution in [0, 0.1) is 0 Å². The van der Waals surface area contributed by atoms with E-state index in [1.54, 1.807) is 23.8 Å². The summed E-state index contributed by atoms with van der Waals surface area (Å²) < 4.78 is 10.1. The fourth-order valence-corrected chi connectivity index (χ4v) is 3.08. The number of methoxy groups -OCH3 is 1. The Kier molecular flexibility index (Phi) is 6.13. The molecule has 2 heterocycles. The number of rotatable bonds is 8. The van der Waals surface area contributed by atoms with Gasteiger partial charge < -0.3 is 14.8 Å². The predicted molar refractivity (Wildman–Crippen MR) is 80.5 cm³/mol. The van der Waals surface area contributed by atoms with E-state index in [0.29, 0.717) is 32.1 Å². The van der Waals surface area contributed by atoms with Gasteiger partial charge in [-0.25, -0.2) is 4.98 Å². The Morgan fingerprint density at radius 2 is 2.25 bits per heavy atom. The first-order chi connectivity index (χ1) is 9.81. The molecule has 108 valence electrons. The van der Waals surface area contributed by atoms with Crippen molar-refractivity contribution in [3.05, 3.63) is 28.6 Å². The molecule has 0 spiro atoms. The molecule has 1 N–H and O–H groups in total. The van der Waals surface area contributed by atoms with Crippen LogP contribution in [0.2, 0.25) is 0 Å². The number of amides is 1. The van der Waals surface area contributed by atoms with E-state index >= 15 is 0 Å². The molecule has 2 aromatic heterocycles. The number of hydrogen-bond donors (Lipinski definition) is 1. The van der Waals surface area contributed by atoms with Gasteiger partial charge >= 0.3 is 0 Å². The summed E-state index contributed by atoms with van der Waals surface area (Å²) in [6.07, 6.45) is 0. The van der Waals surface area contributed by atoms with Crippen molar-refractivity contribution in [2.45, 2.75) is 0 Å². The number of ether oxygens (including phenoxy) is 2. The lowest BCUT2D eigenvalue weighted by Crippen LogP contribution is -2.27. The van der Waals surface area contributed by atoms with Gasteiger partial charge in [0, 0.05) is 19.0 Å². The summed E-state index contributed by atoms with van der Waals surface area (Å²) in [7, 11) is 1.62. The minimum Gasteiger partial charge on any atom is -0.382 e. The monoisotopic (exact) mass is 312 g/mol. The number of carbonyl (C=O) groups is 1. The van der Waals surface area contributed by atoms with Crippen molar-refractivity contribution in [1.82, 2.24) is 10.3 Å². The van der Waals surface area contributed by atoms with Gasteiger partial charge in [-0.15, -0.1) is 22.7 Å². The minimum atomic E-state index is -0.167. The van der Waals surface area contributed by atoms with Gasteiger partial charge in [0.1, 0.15) is 10.7 Å². The average Bonchev–Trinajstić information content (AvgIpc) is 3.12. The van der Waals surface area contributed by atoms with E-state index in [1.165, 1.54) is 11.3 Å². The van der Waals surface area contributed by atoms with Crippen molar-refractivity contribution in [1.29, 1.82) is 0 Å². The van der Waals surface area contributed by atoms with Crippen molar-refractivity contribution in [2.75, 3.05) is 33.5 Å². The molecule has 0 aliphatic carbocycles. The molecule has 20 heavy (non-hydrogen) atoms. The number of thiophene rings is 1. The van der Waals surface area contributed by atoms with Crippen molar-refractivity contribution in [2.24, 2.45) is 0 Å². The van der Waals surface area contributed by atoms with Crippen LogP contribution in [-0.2, 0) is 9.47 Å². The Balaban J connectivity index is 1.76. The molecule has 0 aromatic carbocycles. The maximum atomic E-state index is 11.9. The van der Waals surface area contributed by atoms with Crippen molar-refractivity contribution in [3.8, 4) is 9.88 Å². The second-order valence-corrected chi connectivity index (χ2v) is 5.68. The van der Waals surface area contributed by atoms with Gasteiger partial charge in [0.2, 0.25) is 0 Å². The maximum Gasteiger partial charge on any atom is 0.270 e. The van der Waals surface area contributed by atoms with E-state index in [2.05, 4.69) is 10.3 Å². The number of carbonyl (C=O) groups excluding carboxylic acids is 1. The molecule has 0 unspecified atom stereocenters. The van der Waals surface area contributed by atoms with Gasteiger partial charge in [0.05, 0.1) is 24.7 Å². The SMILES string of the molecule is COCCOCCNC(=O)c1csc(-c2cccs2)n1. The zero-order valence-corrected chi connectivity index (χ0v) is 12.8. The molecule has 7 heteroatoms. The fraction of sp³-hybridized carbons (Fsp3) is 0.385. The molecule has 0 aliphatic rings. The third kappa shape index (κ3) is 4.38. The lowest BCUT2D eigenvalue weighted by atomic mass is 10.4. The zero-order valence-electron chi connectivity index (χ0n) is 11.1. The Bertz CT molecular complexity index is 525. The van der Waals surface area contributed by atoms with E-state index in [-0.39, 0.29) is 5.91 Å². The highest BCUT2D eigenvalue weighted by atomic mass is 32.1. The van der Waals surface area contributed by atoms with Crippen LogP contribution >= 0.6 is 22.7 Å². The van der Waals surface area contributed by atoms with Crippen molar-refractivity contribution in [3.63, 3.8) is 0 Å². The highest BCUT2D eigenvalue weighted by Gasteiger charge is 2.11. The van der Waals surface area contributed by atoms with Gasteiger partial charge in [0.25, 0.3) is 5.91 Å². The zero-order chi connectivity index (χ0) is 14.2. The van der Waals surface area contributed by atoms with Crippen molar-refractivity contribution >= 4 is 28.6 Å². The van der Waals surface area contributed by atoms with Gasteiger partial charge in [-0.1, -0.05) is 6.07 Å². The van der Waals surface area contributed by atoms with E-state index in [1.807, 2.05) is 17.5 Å². The summed E-state index contributed by atoms with van der Waals surface area (Å²) >= 11 is 3.09. The Morgan fingerprint density at radius 1 is 1.35 bits per heavy atom. The molecule has 2 aromatic rings. The first-order valence-electron chi connectivity index (χ1n) is 6.15. The molecule has 0 bridgehead atoms. The first kappa shape index (κ1) is 15.1. The third-order valence-corrected chi connectivity index (χ3v) is 4.31. The van der Waals surface area contributed by atoms with Gasteiger partial charge in [-0.2, -0.15) is 0 Å². The summed E-state index contributed by atoms with van der Waals surface area (Å²) in [5, 5.41) is 7.42. The predicted octanol–water partition coefficient (Wildman–Crippen LogP) is 2.26. The molecular weight excluding hydrogens is 296 g/mol. The van der Waals surface area contributed by atoms with Crippen LogP contribution in [-0.4, -0.2) is 44.4 Å². The minimum absolute atomic E-state index is 0.167. The number of aromatic nitrogens is 1. The van der Waals surface area contributed by atoms with Crippen LogP contribution in [0.5, 0.6) is 0 Å². The summed E-state index contributed by atoms with van der Waals surface area (Å²) in [5.74, 6) is -0.167. The maximum absolute atomic E-state index is 11.9. The number of nitrogens with zero attached hydrogens (tertiary/aromatic N) is 1. The van der Waals surface area contributed by atoms with E-state index in [4.69, 9.17) is 9.47 Å². The Labute approximate surface area is 125 Å². The third-order valence-electron chi connectivity index (χ3n) is 2.43. The Hall–Kier alpha value is -1.28. The van der Waals surface area contributed by atoms with Gasteiger partial charge in [0.15, 0.2) is 0 Å². The molecule has 0 fully saturated rings. The normalized spacial score (nSPS) is 10.7. The van der Waals surface area contributed by atoms with E-state index in [0.717, 1.165) is 9.88 Å². The second-order valence-electron chi connectivity index (χ2n) is 3.88. The quantitative estimate of drug-likeness (QED) is 0.760. The van der Waals surface area contributed by atoms with Crippen molar-refractivity contribution < 1.29 is 14.3 Å². The summed E-state index contributed by atoms with van der Waals surface area (Å²) in [5.41, 5.74) is 0.454. The van der Waals surface area contributed by atoms with Crippen LogP contribution in [0.25, 0.3) is 9.88 Å². The van der Waals surface area contributed by atoms with Crippen LogP contribution < -0.4 is 5.32 Å². The molecular formula is C13H16N2O3S2. The molecule has 0 saturated heterocycles. The summed E-state index contributed by atoms with van der Waals surface area (Å²) in [6, 6.07) is 3.97. The second kappa shape index (κ2) is 8.11. The average molecular weight is 312 g/mol. The number of thiazole rings is 1. The van der Waals surface area contributed by atoms with E-state index in [9.17, 15) is 4.79 Å². The molecule has 5 nitrogen and oxygen atoms in total. The molecule has 0 radical (unpaired) electrons. The van der Waals surface area contributed by atoms with Crippen LogP contribution in [0.3, 0.4) is 0 Å². The lowest BCUT2D eigenvalue weighted by Gasteiger charge is -2.04. The smallest absolute Gasteiger partial charge is 0.270 e. The molecule has 1 amide bonds. The van der Waals surface area contributed by atoms with Gasteiger partial charge in [-0.05, 0) is 11.4 Å². The summed E-state index contributed by atoms with van der Waals surface area (Å²) in [6.45, 7) is 2.03. The number of nitrogens with one attached hydrogen (secondary N) is 1. The molecule has 0 aliphatic heterocycles. The largest absolute Gasteiger partial charge is 0.382 e. The van der Waals surface area contributed by atoms with Gasteiger partial charge in [-0.3, -0.25) is 4.79 Å². The topological polar surface area (TPSA) is 60.5 Å².